The number of nitrogens with one attached hydrogen (secondary N) is 1. The van der Waals surface area contributed by atoms with Gasteiger partial charge in [0.1, 0.15) is 5.82 Å². The van der Waals surface area contributed by atoms with Gasteiger partial charge in [0.15, 0.2) is 11.2 Å². The molecule has 2 aromatic carbocycles. The largest absolute Gasteiger partial charge is 0.340 e. The summed E-state index contributed by atoms with van der Waals surface area (Å²) >= 11 is 5.99. The normalized spacial score (nSPS) is 14.7. The summed E-state index contributed by atoms with van der Waals surface area (Å²) in [6.45, 7) is 3.89. The second kappa shape index (κ2) is 9.08. The Morgan fingerprint density at radius 2 is 1.71 bits per heavy atom. The van der Waals surface area contributed by atoms with Gasteiger partial charge in [0.2, 0.25) is 5.95 Å². The van der Waals surface area contributed by atoms with Crippen molar-refractivity contribution < 1.29 is 4.39 Å². The quantitative estimate of drug-likeness (QED) is 0.473. The number of aromatic nitrogens is 4. The molecule has 0 amide bonds. The van der Waals surface area contributed by atoms with E-state index in [1.54, 1.807) is 29.8 Å². The van der Waals surface area contributed by atoms with Crippen molar-refractivity contribution in [3.63, 3.8) is 0 Å². The molecule has 176 valence electrons. The first-order valence-corrected chi connectivity index (χ1v) is 11.4. The van der Waals surface area contributed by atoms with Crippen LogP contribution in [0.25, 0.3) is 11.2 Å². The first-order valence-electron chi connectivity index (χ1n) is 11.1. The van der Waals surface area contributed by atoms with Gasteiger partial charge < -0.3 is 4.90 Å². The maximum absolute atomic E-state index is 14.5. The zero-order valence-electron chi connectivity index (χ0n) is 18.7. The Labute approximate surface area is 199 Å². The lowest BCUT2D eigenvalue weighted by atomic mass is 10.2. The number of hydrogen-bond donors (Lipinski definition) is 1. The Hall–Kier alpha value is -3.43. The number of benzene rings is 2. The summed E-state index contributed by atoms with van der Waals surface area (Å²) in [5.74, 6) is 0.195. The van der Waals surface area contributed by atoms with E-state index in [4.69, 9.17) is 11.6 Å². The molecule has 1 aliphatic heterocycles. The van der Waals surface area contributed by atoms with E-state index in [0.717, 1.165) is 19.6 Å². The molecule has 1 aliphatic rings. The number of H-pyrrole nitrogens is 1. The molecule has 0 unspecified atom stereocenters. The second-order valence-corrected chi connectivity index (χ2v) is 8.91. The number of halogens is 2. The van der Waals surface area contributed by atoms with Crippen molar-refractivity contribution >= 4 is 28.7 Å². The van der Waals surface area contributed by atoms with Crippen molar-refractivity contribution in [3.8, 4) is 0 Å². The van der Waals surface area contributed by atoms with Gasteiger partial charge in [-0.05, 0) is 23.8 Å². The molecule has 1 fully saturated rings. The van der Waals surface area contributed by atoms with Gasteiger partial charge in [-0.2, -0.15) is 4.98 Å². The highest BCUT2D eigenvalue weighted by Crippen LogP contribution is 2.24. The standard InChI is InChI=1S/C24H24ClFN6O2/c1-29-21-20(22(33)28-24(29)34)32(15-17-4-2-3-5-19(17)26)23(27-21)31-12-10-30(11-13-31)14-16-6-8-18(25)9-7-16/h2-9H,10-15H2,1H3,(H,28,33,34). The predicted octanol–water partition coefficient (Wildman–Crippen LogP) is 2.59. The zero-order valence-corrected chi connectivity index (χ0v) is 19.4. The SMILES string of the molecule is Cn1c(=O)[nH]c(=O)c2c1nc(N1CCN(Cc3ccc(Cl)cc3)CC1)n2Cc1ccccc1F. The van der Waals surface area contributed by atoms with Crippen molar-refractivity contribution in [3.05, 3.63) is 91.3 Å². The molecule has 5 rings (SSSR count). The van der Waals surface area contributed by atoms with Crippen molar-refractivity contribution in [2.75, 3.05) is 31.1 Å². The molecule has 1 N–H and O–H groups in total. The Bertz CT molecular complexity index is 1450. The molecule has 0 saturated carbocycles. The Balaban J connectivity index is 1.47. The molecule has 0 radical (unpaired) electrons. The Kier molecular flexibility index (Phi) is 5.97. The van der Waals surface area contributed by atoms with Crippen molar-refractivity contribution in [2.24, 2.45) is 7.05 Å². The van der Waals surface area contributed by atoms with Crippen molar-refractivity contribution in [2.45, 2.75) is 13.1 Å². The maximum Gasteiger partial charge on any atom is 0.329 e. The van der Waals surface area contributed by atoms with Crippen LogP contribution in [0.1, 0.15) is 11.1 Å². The minimum Gasteiger partial charge on any atom is -0.340 e. The monoisotopic (exact) mass is 482 g/mol. The van der Waals surface area contributed by atoms with Gasteiger partial charge >= 0.3 is 5.69 Å². The molecular weight excluding hydrogens is 459 g/mol. The van der Waals surface area contributed by atoms with Crippen LogP contribution in [-0.2, 0) is 20.1 Å². The summed E-state index contributed by atoms with van der Waals surface area (Å²) in [4.78, 5) is 36.4. The average Bonchev–Trinajstić information content (AvgIpc) is 3.21. The molecule has 2 aromatic heterocycles. The van der Waals surface area contributed by atoms with E-state index < -0.39 is 11.2 Å². The second-order valence-electron chi connectivity index (χ2n) is 8.47. The summed E-state index contributed by atoms with van der Waals surface area (Å²) < 4.78 is 17.5. The third-order valence-corrected chi connectivity index (χ3v) is 6.50. The highest BCUT2D eigenvalue weighted by molar-refractivity contribution is 6.30. The molecule has 8 nitrogen and oxygen atoms in total. The number of fused-ring (bicyclic) bond motifs is 1. The average molecular weight is 483 g/mol. The van der Waals surface area contributed by atoms with Crippen molar-refractivity contribution in [1.82, 2.24) is 24.0 Å². The molecule has 0 aliphatic carbocycles. The summed E-state index contributed by atoms with van der Waals surface area (Å²) in [7, 11) is 1.56. The lowest BCUT2D eigenvalue weighted by molar-refractivity contribution is 0.248. The van der Waals surface area contributed by atoms with E-state index in [1.807, 2.05) is 24.3 Å². The smallest absolute Gasteiger partial charge is 0.329 e. The molecule has 0 spiro atoms. The maximum atomic E-state index is 14.5. The number of imidazole rings is 1. The van der Waals surface area contributed by atoms with Crippen LogP contribution < -0.4 is 16.1 Å². The van der Waals surface area contributed by atoms with Gasteiger partial charge in [0, 0.05) is 50.4 Å². The number of aromatic amines is 1. The Morgan fingerprint density at radius 1 is 1.00 bits per heavy atom. The fourth-order valence-electron chi connectivity index (χ4n) is 4.37. The van der Waals surface area contributed by atoms with Crippen LogP contribution in [0.4, 0.5) is 10.3 Å². The van der Waals surface area contributed by atoms with Crippen LogP contribution in [0.3, 0.4) is 0 Å². The lowest BCUT2D eigenvalue weighted by Crippen LogP contribution is -2.47. The van der Waals surface area contributed by atoms with E-state index in [9.17, 15) is 14.0 Å². The van der Waals surface area contributed by atoms with E-state index in [2.05, 4.69) is 19.8 Å². The number of nitrogens with zero attached hydrogens (tertiary/aromatic N) is 5. The topological polar surface area (TPSA) is 79.2 Å². The molecular formula is C24H24ClFN6O2. The molecule has 0 atom stereocenters. The van der Waals surface area contributed by atoms with Crippen LogP contribution in [0.5, 0.6) is 0 Å². The fourth-order valence-corrected chi connectivity index (χ4v) is 4.49. The number of aryl methyl sites for hydroxylation is 1. The van der Waals surface area contributed by atoms with E-state index in [1.165, 1.54) is 16.2 Å². The van der Waals surface area contributed by atoms with Crippen LogP contribution in [0, 0.1) is 5.82 Å². The first kappa shape index (κ1) is 22.4. The minimum absolute atomic E-state index is 0.130. The predicted molar refractivity (Wildman–Crippen MR) is 130 cm³/mol. The molecule has 4 aromatic rings. The van der Waals surface area contributed by atoms with Gasteiger partial charge in [-0.1, -0.05) is 41.9 Å². The molecule has 0 bridgehead atoms. The molecule has 1 saturated heterocycles. The van der Waals surface area contributed by atoms with E-state index >= 15 is 0 Å². The number of anilines is 1. The van der Waals surface area contributed by atoms with Crippen molar-refractivity contribution in [1.29, 1.82) is 0 Å². The number of hydrogen-bond acceptors (Lipinski definition) is 5. The minimum atomic E-state index is -0.535. The lowest BCUT2D eigenvalue weighted by Gasteiger charge is -2.35. The van der Waals surface area contributed by atoms with E-state index in [0.29, 0.717) is 29.6 Å². The van der Waals surface area contributed by atoms with Gasteiger partial charge in [-0.15, -0.1) is 0 Å². The van der Waals surface area contributed by atoms with Crippen LogP contribution in [-0.4, -0.2) is 50.2 Å². The van der Waals surface area contributed by atoms with Crippen LogP contribution in [0.15, 0.2) is 58.1 Å². The number of piperazine rings is 1. The third kappa shape index (κ3) is 4.24. The summed E-state index contributed by atoms with van der Waals surface area (Å²) in [6, 6.07) is 14.3. The molecule has 10 heteroatoms. The van der Waals surface area contributed by atoms with Crippen LogP contribution in [0.2, 0.25) is 5.02 Å². The van der Waals surface area contributed by atoms with Gasteiger partial charge in [0.25, 0.3) is 5.56 Å². The van der Waals surface area contributed by atoms with E-state index in [-0.39, 0.29) is 23.5 Å². The van der Waals surface area contributed by atoms with Gasteiger partial charge in [0.05, 0.1) is 6.54 Å². The highest BCUT2D eigenvalue weighted by atomic mass is 35.5. The van der Waals surface area contributed by atoms with Gasteiger partial charge in [-0.25, -0.2) is 9.18 Å². The fraction of sp³-hybridized carbons (Fsp3) is 0.292. The molecule has 3 heterocycles. The molecule has 34 heavy (non-hydrogen) atoms. The summed E-state index contributed by atoms with van der Waals surface area (Å²) in [5.41, 5.74) is 1.10. The highest BCUT2D eigenvalue weighted by Gasteiger charge is 2.25. The Morgan fingerprint density at radius 3 is 2.41 bits per heavy atom. The van der Waals surface area contributed by atoms with Crippen LogP contribution >= 0.6 is 11.6 Å². The van der Waals surface area contributed by atoms with Gasteiger partial charge in [-0.3, -0.25) is 23.8 Å². The zero-order chi connectivity index (χ0) is 23.8. The first-order chi connectivity index (χ1) is 16.4. The third-order valence-electron chi connectivity index (χ3n) is 6.25. The number of rotatable bonds is 5. The summed E-state index contributed by atoms with van der Waals surface area (Å²) in [5, 5.41) is 0.715. The summed E-state index contributed by atoms with van der Waals surface area (Å²) in [6.07, 6.45) is 0.